The Morgan fingerprint density at radius 1 is 1.11 bits per heavy atom. The first kappa shape index (κ1) is 14.6. The molecule has 0 amide bonds. The minimum absolute atomic E-state index is 0. The van der Waals surface area contributed by atoms with Crippen LogP contribution in [-0.2, 0) is 26.6 Å². The number of nitroso groups, excluding NO2 is 1. The van der Waals surface area contributed by atoms with Crippen LogP contribution in [0, 0.1) is 4.91 Å². The molecule has 0 radical (unpaired) electrons. The molecule has 98 valence electrons. The number of hydrogen-bond donors (Lipinski definition) is 2. The van der Waals surface area contributed by atoms with E-state index >= 15 is 0 Å². The molecule has 0 heterocycles. The quantitative estimate of drug-likeness (QED) is 0.502. The summed E-state index contributed by atoms with van der Waals surface area (Å²) in [6.45, 7) is 0. The molecular weight excluding hydrogens is 305 g/mol. The van der Waals surface area contributed by atoms with Crippen LogP contribution in [0.4, 0.5) is 5.69 Å². The van der Waals surface area contributed by atoms with Gasteiger partial charge in [-0.15, -0.1) is 4.91 Å². The molecule has 2 aromatic rings. The molecule has 0 aromatic heterocycles. The zero-order chi connectivity index (χ0) is 12.6. The first-order valence-electron chi connectivity index (χ1n) is 4.50. The van der Waals surface area contributed by atoms with E-state index in [2.05, 4.69) is 5.18 Å². The molecule has 0 unspecified atom stereocenters. The van der Waals surface area contributed by atoms with E-state index in [-0.39, 0.29) is 32.8 Å². The fourth-order valence-electron chi connectivity index (χ4n) is 1.54. The number of hydrogen-bond acceptors (Lipinski definition) is 5. The van der Waals surface area contributed by atoms with E-state index in [9.17, 15) is 18.4 Å². The van der Waals surface area contributed by atoms with Gasteiger partial charge in [-0.2, -0.15) is 8.42 Å². The van der Waals surface area contributed by atoms with Crippen molar-refractivity contribution >= 4 is 26.6 Å². The zero-order valence-electron chi connectivity index (χ0n) is 8.68. The van der Waals surface area contributed by atoms with Gasteiger partial charge in [-0.25, -0.2) is 0 Å². The SMILES string of the molecule is O=Nc1c(O)ccc2cc(S(=O)(=O)O)ccc12.[Ni]. The van der Waals surface area contributed by atoms with Crippen LogP contribution in [0.1, 0.15) is 0 Å². The molecule has 8 heteroatoms. The van der Waals surface area contributed by atoms with Gasteiger partial charge in [-0.1, -0.05) is 12.1 Å². The van der Waals surface area contributed by atoms with Crippen molar-refractivity contribution in [3.8, 4) is 5.75 Å². The average Bonchev–Trinajstić information content (AvgIpc) is 2.27. The van der Waals surface area contributed by atoms with E-state index in [1.54, 1.807) is 0 Å². The van der Waals surface area contributed by atoms with Gasteiger partial charge in [-0.05, 0) is 28.8 Å². The summed E-state index contributed by atoms with van der Waals surface area (Å²) in [7, 11) is -4.30. The second kappa shape index (κ2) is 5.01. The predicted molar refractivity (Wildman–Crippen MR) is 60.9 cm³/mol. The first-order chi connectivity index (χ1) is 7.93. The molecule has 2 N–H and O–H groups in total. The smallest absolute Gasteiger partial charge is 0.294 e. The maximum Gasteiger partial charge on any atom is 0.294 e. The van der Waals surface area contributed by atoms with E-state index in [4.69, 9.17) is 4.55 Å². The van der Waals surface area contributed by atoms with Gasteiger partial charge >= 0.3 is 0 Å². The second-order valence-electron chi connectivity index (χ2n) is 3.38. The Kier molecular flexibility index (Phi) is 4.06. The van der Waals surface area contributed by atoms with Gasteiger partial charge in [-0.3, -0.25) is 4.55 Å². The molecule has 2 rings (SSSR count). The first-order valence-corrected chi connectivity index (χ1v) is 5.94. The van der Waals surface area contributed by atoms with Crippen molar-refractivity contribution in [2.24, 2.45) is 5.18 Å². The fraction of sp³-hybridized carbons (Fsp3) is 0. The molecule has 0 saturated heterocycles. The molecule has 6 nitrogen and oxygen atoms in total. The molecule has 0 saturated carbocycles. The summed E-state index contributed by atoms with van der Waals surface area (Å²) in [5.74, 6) is -0.285. The van der Waals surface area contributed by atoms with Crippen LogP contribution in [0.3, 0.4) is 0 Å². The topological polar surface area (TPSA) is 104 Å². The number of benzene rings is 2. The van der Waals surface area contributed by atoms with E-state index in [1.165, 1.54) is 24.3 Å². The Labute approximate surface area is 112 Å². The molecule has 0 aliphatic rings. The molecule has 0 aliphatic heterocycles. The monoisotopic (exact) mass is 311 g/mol. The number of phenols is 1. The Bertz CT molecular complexity index is 714. The summed E-state index contributed by atoms with van der Waals surface area (Å²) in [6.07, 6.45) is 0. The van der Waals surface area contributed by atoms with Crippen molar-refractivity contribution in [1.29, 1.82) is 0 Å². The van der Waals surface area contributed by atoms with Gasteiger partial charge in [0.2, 0.25) is 0 Å². The summed E-state index contributed by atoms with van der Waals surface area (Å²) in [4.78, 5) is 10.3. The van der Waals surface area contributed by atoms with Crippen molar-refractivity contribution < 1.29 is 34.6 Å². The standard InChI is InChI=1S/C10H7NO5S.Ni/c12-9-4-1-6-5-7(17(14,15)16)2-3-8(6)10(9)11-13;/h1-5,12H,(H,14,15,16);. The van der Waals surface area contributed by atoms with Crippen LogP contribution in [0.25, 0.3) is 10.8 Å². The largest absolute Gasteiger partial charge is 0.506 e. The Balaban J connectivity index is 0.00000162. The molecule has 0 atom stereocenters. The number of nitrogens with zero attached hydrogens (tertiary/aromatic N) is 1. The van der Waals surface area contributed by atoms with Gasteiger partial charge in [0.1, 0.15) is 5.75 Å². The summed E-state index contributed by atoms with van der Waals surface area (Å²) in [5, 5.41) is 12.7. The van der Waals surface area contributed by atoms with Gasteiger partial charge < -0.3 is 5.11 Å². The van der Waals surface area contributed by atoms with E-state index < -0.39 is 10.1 Å². The Hall–Kier alpha value is -1.50. The van der Waals surface area contributed by atoms with E-state index in [0.717, 1.165) is 6.07 Å². The van der Waals surface area contributed by atoms with E-state index in [0.29, 0.717) is 10.8 Å². The molecule has 18 heavy (non-hydrogen) atoms. The van der Waals surface area contributed by atoms with Crippen LogP contribution in [-0.4, -0.2) is 18.1 Å². The van der Waals surface area contributed by atoms with Crippen molar-refractivity contribution in [3.63, 3.8) is 0 Å². The summed E-state index contributed by atoms with van der Waals surface area (Å²) in [6, 6.07) is 6.28. The molecule has 0 spiro atoms. The molecule has 2 aromatic carbocycles. The van der Waals surface area contributed by atoms with Crippen LogP contribution < -0.4 is 0 Å². The van der Waals surface area contributed by atoms with Crippen LogP contribution in [0.2, 0.25) is 0 Å². The average molecular weight is 312 g/mol. The third-order valence-corrected chi connectivity index (χ3v) is 3.18. The van der Waals surface area contributed by atoms with Crippen molar-refractivity contribution in [3.05, 3.63) is 35.2 Å². The van der Waals surface area contributed by atoms with Crippen molar-refractivity contribution in [2.75, 3.05) is 0 Å². The minimum Gasteiger partial charge on any atom is -0.506 e. The third-order valence-electron chi connectivity index (χ3n) is 2.33. The van der Waals surface area contributed by atoms with Crippen molar-refractivity contribution in [1.82, 2.24) is 0 Å². The molecule has 0 fully saturated rings. The second-order valence-corrected chi connectivity index (χ2v) is 4.80. The van der Waals surface area contributed by atoms with Crippen LogP contribution in [0.5, 0.6) is 5.75 Å². The van der Waals surface area contributed by atoms with E-state index in [1.807, 2.05) is 0 Å². The molecular formula is C10H7NNiO5S. The summed E-state index contributed by atoms with van der Waals surface area (Å²) < 4.78 is 30.7. The molecule has 0 bridgehead atoms. The fourth-order valence-corrected chi connectivity index (χ4v) is 2.05. The predicted octanol–water partition coefficient (Wildman–Crippen LogP) is 2.19. The Morgan fingerprint density at radius 3 is 2.33 bits per heavy atom. The van der Waals surface area contributed by atoms with Gasteiger partial charge in [0.25, 0.3) is 10.1 Å². The Morgan fingerprint density at radius 2 is 1.78 bits per heavy atom. The molecule has 0 aliphatic carbocycles. The number of aromatic hydroxyl groups is 1. The van der Waals surface area contributed by atoms with Gasteiger partial charge in [0, 0.05) is 21.9 Å². The maximum atomic E-state index is 10.9. The maximum absolute atomic E-state index is 10.9. The summed E-state index contributed by atoms with van der Waals surface area (Å²) in [5.41, 5.74) is -0.163. The normalized spacial score (nSPS) is 10.9. The third kappa shape index (κ3) is 2.50. The zero-order valence-corrected chi connectivity index (χ0v) is 10.5. The van der Waals surface area contributed by atoms with Crippen molar-refractivity contribution in [2.45, 2.75) is 4.90 Å². The van der Waals surface area contributed by atoms with Gasteiger partial charge in [0.05, 0.1) is 4.90 Å². The van der Waals surface area contributed by atoms with Crippen LogP contribution in [0.15, 0.2) is 40.4 Å². The number of rotatable bonds is 2. The number of phenolic OH excluding ortho intramolecular Hbond substituents is 1. The minimum atomic E-state index is -4.30. The van der Waals surface area contributed by atoms with Crippen LogP contribution >= 0.6 is 0 Å². The number of fused-ring (bicyclic) bond motifs is 1. The van der Waals surface area contributed by atoms with Gasteiger partial charge in [0.15, 0.2) is 5.69 Å². The summed E-state index contributed by atoms with van der Waals surface area (Å²) >= 11 is 0.